The van der Waals surface area contributed by atoms with Gasteiger partial charge in [0.15, 0.2) is 0 Å². The summed E-state index contributed by atoms with van der Waals surface area (Å²) in [5.41, 5.74) is 16.5. The molecular formula is C24H28Cl2FN3. The van der Waals surface area contributed by atoms with Gasteiger partial charge in [0.2, 0.25) is 0 Å². The van der Waals surface area contributed by atoms with Crippen LogP contribution >= 0.6 is 23.2 Å². The standard InChI is InChI=1S/C20H17Cl2FN2.C4H11N/c1-11-5-6-13(8-15(11)12(2)24)14-4-3-7-25-20(14)16-9-19(23)18(22)10-17(16)21;1-3-4(2)5/h3-10,12H,24H2,1-2H3;4H,3,5H2,1-2H3. The van der Waals surface area contributed by atoms with Crippen LogP contribution in [-0.2, 0) is 0 Å². The largest absolute Gasteiger partial charge is 0.328 e. The van der Waals surface area contributed by atoms with Gasteiger partial charge < -0.3 is 11.5 Å². The molecule has 4 N–H and O–H groups in total. The van der Waals surface area contributed by atoms with E-state index in [0.29, 0.717) is 22.3 Å². The summed E-state index contributed by atoms with van der Waals surface area (Å²) in [5.74, 6) is -0.530. The Morgan fingerprint density at radius 3 is 2.27 bits per heavy atom. The molecule has 0 saturated carbocycles. The third-order valence-corrected chi connectivity index (χ3v) is 5.40. The number of aryl methyl sites for hydroxylation is 1. The molecule has 3 nitrogen and oxygen atoms in total. The van der Waals surface area contributed by atoms with E-state index in [9.17, 15) is 4.39 Å². The number of halogens is 3. The highest BCUT2D eigenvalue weighted by molar-refractivity contribution is 6.36. The van der Waals surface area contributed by atoms with Crippen LogP contribution in [0.3, 0.4) is 0 Å². The third-order valence-electron chi connectivity index (χ3n) is 4.80. The highest BCUT2D eigenvalue weighted by Gasteiger charge is 2.16. The first-order chi connectivity index (χ1) is 14.1. The average molecular weight is 448 g/mol. The molecule has 2 atom stereocenters. The van der Waals surface area contributed by atoms with Crippen molar-refractivity contribution in [1.29, 1.82) is 0 Å². The summed E-state index contributed by atoms with van der Waals surface area (Å²) in [5, 5.41) is 0.340. The van der Waals surface area contributed by atoms with Crippen LogP contribution in [0.2, 0.25) is 10.0 Å². The van der Waals surface area contributed by atoms with Crippen LogP contribution in [0.5, 0.6) is 0 Å². The van der Waals surface area contributed by atoms with Crippen molar-refractivity contribution in [2.75, 3.05) is 0 Å². The molecule has 2 aromatic carbocycles. The van der Waals surface area contributed by atoms with Crippen LogP contribution in [0.1, 0.15) is 44.4 Å². The van der Waals surface area contributed by atoms with Crippen molar-refractivity contribution in [2.24, 2.45) is 11.5 Å². The van der Waals surface area contributed by atoms with Crippen LogP contribution in [0.15, 0.2) is 48.7 Å². The molecule has 0 fully saturated rings. The summed E-state index contributed by atoms with van der Waals surface area (Å²) in [6, 6.07) is 12.8. The van der Waals surface area contributed by atoms with E-state index in [2.05, 4.69) is 11.9 Å². The molecule has 30 heavy (non-hydrogen) atoms. The molecular weight excluding hydrogens is 420 g/mol. The lowest BCUT2D eigenvalue weighted by Gasteiger charge is -2.15. The van der Waals surface area contributed by atoms with Gasteiger partial charge in [-0.2, -0.15) is 0 Å². The first-order valence-corrected chi connectivity index (χ1v) is 10.6. The van der Waals surface area contributed by atoms with E-state index in [4.69, 9.17) is 34.7 Å². The van der Waals surface area contributed by atoms with Crippen molar-refractivity contribution >= 4 is 23.2 Å². The van der Waals surface area contributed by atoms with Crippen molar-refractivity contribution in [3.05, 3.63) is 75.7 Å². The van der Waals surface area contributed by atoms with Gasteiger partial charge in [-0.3, -0.25) is 4.98 Å². The number of aromatic nitrogens is 1. The fraction of sp³-hybridized carbons (Fsp3) is 0.292. The topological polar surface area (TPSA) is 64.9 Å². The number of hydrogen-bond donors (Lipinski definition) is 2. The summed E-state index contributed by atoms with van der Waals surface area (Å²) in [6.45, 7) is 8.05. The maximum Gasteiger partial charge on any atom is 0.142 e. The molecule has 0 aliphatic heterocycles. The lowest BCUT2D eigenvalue weighted by molar-refractivity contribution is 0.628. The highest BCUT2D eigenvalue weighted by Crippen LogP contribution is 2.37. The Balaban J connectivity index is 0.000000575. The van der Waals surface area contributed by atoms with Gasteiger partial charge in [-0.15, -0.1) is 0 Å². The second kappa shape index (κ2) is 10.9. The van der Waals surface area contributed by atoms with Gasteiger partial charge in [-0.1, -0.05) is 48.3 Å². The van der Waals surface area contributed by atoms with Crippen LogP contribution in [0.4, 0.5) is 4.39 Å². The minimum atomic E-state index is -0.530. The van der Waals surface area contributed by atoms with Crippen LogP contribution in [0.25, 0.3) is 22.4 Å². The van der Waals surface area contributed by atoms with Crippen LogP contribution in [0, 0.1) is 12.7 Å². The zero-order valence-corrected chi connectivity index (χ0v) is 19.2. The molecule has 0 aliphatic rings. The molecule has 1 heterocycles. The molecule has 0 saturated heterocycles. The first-order valence-electron chi connectivity index (χ1n) is 9.87. The van der Waals surface area contributed by atoms with Crippen LogP contribution in [-0.4, -0.2) is 11.0 Å². The van der Waals surface area contributed by atoms with Crippen molar-refractivity contribution in [2.45, 2.75) is 46.2 Å². The average Bonchev–Trinajstić information content (AvgIpc) is 2.71. The molecule has 160 valence electrons. The lowest BCUT2D eigenvalue weighted by Crippen LogP contribution is -2.11. The fourth-order valence-corrected chi connectivity index (χ4v) is 3.33. The van der Waals surface area contributed by atoms with Gasteiger partial charge in [-0.25, -0.2) is 4.39 Å². The van der Waals surface area contributed by atoms with Crippen molar-refractivity contribution < 1.29 is 4.39 Å². The molecule has 0 bridgehead atoms. The smallest absolute Gasteiger partial charge is 0.142 e. The van der Waals surface area contributed by atoms with E-state index in [1.54, 1.807) is 6.20 Å². The summed E-state index contributed by atoms with van der Waals surface area (Å²) in [7, 11) is 0. The molecule has 2 unspecified atom stereocenters. The maximum atomic E-state index is 14.0. The predicted molar refractivity (Wildman–Crippen MR) is 126 cm³/mol. The summed E-state index contributed by atoms with van der Waals surface area (Å²) in [6.07, 6.45) is 2.74. The molecule has 1 aromatic heterocycles. The zero-order chi connectivity index (χ0) is 22.4. The van der Waals surface area contributed by atoms with Gasteiger partial charge in [0.25, 0.3) is 0 Å². The summed E-state index contributed by atoms with van der Waals surface area (Å²) < 4.78 is 14.0. The highest BCUT2D eigenvalue weighted by atomic mass is 35.5. The van der Waals surface area contributed by atoms with Gasteiger partial charge in [0.1, 0.15) is 5.82 Å². The Kier molecular flexibility index (Phi) is 8.80. The van der Waals surface area contributed by atoms with Crippen molar-refractivity contribution in [1.82, 2.24) is 4.98 Å². The Labute approximate surface area is 188 Å². The minimum absolute atomic E-state index is 0.0131. The van der Waals surface area contributed by atoms with E-state index in [1.165, 1.54) is 12.1 Å². The van der Waals surface area contributed by atoms with Gasteiger partial charge in [0.05, 0.1) is 15.7 Å². The van der Waals surface area contributed by atoms with Crippen molar-refractivity contribution in [3.8, 4) is 22.4 Å². The lowest BCUT2D eigenvalue weighted by atomic mass is 9.94. The molecule has 6 heteroatoms. The SMILES string of the molecule is CCC(C)N.Cc1ccc(-c2cccnc2-c2cc(F)c(Cl)cc2Cl)cc1C(C)N. The molecule has 0 spiro atoms. The van der Waals surface area contributed by atoms with Gasteiger partial charge >= 0.3 is 0 Å². The number of nitrogens with two attached hydrogens (primary N) is 2. The number of hydrogen-bond acceptors (Lipinski definition) is 3. The van der Waals surface area contributed by atoms with E-state index >= 15 is 0 Å². The Morgan fingerprint density at radius 1 is 1.00 bits per heavy atom. The molecule has 0 amide bonds. The van der Waals surface area contributed by atoms with Crippen LogP contribution < -0.4 is 11.5 Å². The quantitative estimate of drug-likeness (QED) is 0.425. The van der Waals surface area contributed by atoms with Crippen molar-refractivity contribution in [3.63, 3.8) is 0 Å². The number of pyridine rings is 1. The van der Waals surface area contributed by atoms with E-state index in [-0.39, 0.29) is 11.1 Å². The second-order valence-electron chi connectivity index (χ2n) is 7.39. The van der Waals surface area contributed by atoms with E-state index < -0.39 is 5.82 Å². The van der Waals surface area contributed by atoms with E-state index in [1.807, 2.05) is 51.1 Å². The monoisotopic (exact) mass is 447 g/mol. The van der Waals surface area contributed by atoms with Gasteiger partial charge in [0, 0.05) is 29.4 Å². The summed E-state index contributed by atoms with van der Waals surface area (Å²) >= 11 is 12.1. The number of nitrogens with zero attached hydrogens (tertiary/aromatic N) is 1. The Morgan fingerprint density at radius 2 is 1.67 bits per heavy atom. The molecule has 0 radical (unpaired) electrons. The molecule has 3 rings (SSSR count). The predicted octanol–water partition coefficient (Wildman–Crippen LogP) is 6.93. The third kappa shape index (κ3) is 6.02. The maximum absolute atomic E-state index is 14.0. The minimum Gasteiger partial charge on any atom is -0.328 e. The van der Waals surface area contributed by atoms with E-state index in [0.717, 1.165) is 28.7 Å². The normalized spacial score (nSPS) is 12.7. The van der Waals surface area contributed by atoms with Gasteiger partial charge in [-0.05, 0) is 68.1 Å². The zero-order valence-electron chi connectivity index (χ0n) is 17.7. The fourth-order valence-electron chi connectivity index (χ4n) is 2.86. The Bertz CT molecular complexity index is 1000. The first kappa shape index (κ1) is 24.3. The number of rotatable bonds is 4. The Hall–Kier alpha value is -1.98. The molecule has 0 aliphatic carbocycles. The number of benzene rings is 2. The second-order valence-corrected chi connectivity index (χ2v) is 8.21. The molecule has 3 aromatic rings. The summed E-state index contributed by atoms with van der Waals surface area (Å²) in [4.78, 5) is 4.43.